The first-order chi connectivity index (χ1) is 15.0. The Balaban J connectivity index is 1.69. The summed E-state index contributed by atoms with van der Waals surface area (Å²) in [6, 6.07) is 12.4. The summed E-state index contributed by atoms with van der Waals surface area (Å²) in [5.41, 5.74) is 1.82. The molecule has 4 aromatic rings. The summed E-state index contributed by atoms with van der Waals surface area (Å²) in [4.78, 5) is 29.6. The highest BCUT2D eigenvalue weighted by Gasteiger charge is 2.15. The molecule has 158 valence electrons. The molecule has 31 heavy (non-hydrogen) atoms. The van der Waals surface area contributed by atoms with Gasteiger partial charge < -0.3 is 4.74 Å². The number of carbonyl (C=O) groups excluding carboxylic acids is 1. The SMILES string of the molecule is CCOC(=O)Cc1nn(Cc2nc(-c3ccc(Cl)c(Cl)c3)cs2)c(=O)c2ccccc12. The maximum absolute atomic E-state index is 13.0. The van der Waals surface area contributed by atoms with Gasteiger partial charge in [0.15, 0.2) is 0 Å². The first kappa shape index (κ1) is 21.5. The zero-order valence-corrected chi connectivity index (χ0v) is 18.8. The average molecular weight is 474 g/mol. The van der Waals surface area contributed by atoms with Crippen LogP contribution >= 0.6 is 34.5 Å². The van der Waals surface area contributed by atoms with E-state index >= 15 is 0 Å². The molecule has 0 fully saturated rings. The Morgan fingerprint density at radius 3 is 2.65 bits per heavy atom. The number of rotatable bonds is 6. The van der Waals surface area contributed by atoms with Gasteiger partial charge in [-0.1, -0.05) is 47.5 Å². The molecular formula is C22H17Cl2N3O3S. The molecule has 0 atom stereocenters. The number of aromatic nitrogens is 3. The van der Waals surface area contributed by atoms with E-state index in [0.717, 1.165) is 11.3 Å². The highest BCUT2D eigenvalue weighted by molar-refractivity contribution is 7.09. The number of carbonyl (C=O) groups is 1. The highest BCUT2D eigenvalue weighted by Crippen LogP contribution is 2.29. The minimum atomic E-state index is -0.387. The number of esters is 1. The fourth-order valence-electron chi connectivity index (χ4n) is 3.19. The van der Waals surface area contributed by atoms with E-state index in [1.165, 1.54) is 16.0 Å². The van der Waals surface area contributed by atoms with Crippen LogP contribution in [0.2, 0.25) is 10.0 Å². The largest absolute Gasteiger partial charge is 0.466 e. The molecular weight excluding hydrogens is 457 g/mol. The summed E-state index contributed by atoms with van der Waals surface area (Å²) in [7, 11) is 0. The molecule has 6 nitrogen and oxygen atoms in total. The van der Waals surface area contributed by atoms with Crippen LogP contribution in [-0.4, -0.2) is 27.3 Å². The Bertz CT molecular complexity index is 1330. The van der Waals surface area contributed by atoms with Crippen molar-refractivity contribution in [2.75, 3.05) is 6.61 Å². The van der Waals surface area contributed by atoms with Crippen LogP contribution in [0.5, 0.6) is 0 Å². The minimum absolute atomic E-state index is 0.0129. The lowest BCUT2D eigenvalue weighted by molar-refractivity contribution is -0.142. The molecule has 0 aliphatic carbocycles. The van der Waals surface area contributed by atoms with Gasteiger partial charge in [0, 0.05) is 16.3 Å². The summed E-state index contributed by atoms with van der Waals surface area (Å²) in [6.07, 6.45) is -0.0129. The Labute approximate surface area is 192 Å². The molecule has 4 rings (SSSR count). The maximum Gasteiger partial charge on any atom is 0.311 e. The predicted octanol–water partition coefficient (Wildman–Crippen LogP) is 4.98. The van der Waals surface area contributed by atoms with Crippen LogP contribution in [0.3, 0.4) is 0 Å². The molecule has 0 saturated carbocycles. The van der Waals surface area contributed by atoms with Gasteiger partial charge in [-0.3, -0.25) is 9.59 Å². The summed E-state index contributed by atoms with van der Waals surface area (Å²) in [5, 5.41) is 9.12. The molecule has 0 spiro atoms. The standard InChI is InChI=1S/C22H17Cl2N3O3S/c1-2-30-21(28)10-18-14-5-3-4-6-15(14)22(29)27(26-18)11-20-25-19(12-31-20)13-7-8-16(23)17(24)9-13/h3-9,12H,2,10-11H2,1H3. The second kappa shape index (κ2) is 9.18. The van der Waals surface area contributed by atoms with Gasteiger partial charge in [-0.25, -0.2) is 9.67 Å². The number of thiazole rings is 1. The second-order valence-electron chi connectivity index (χ2n) is 6.69. The van der Waals surface area contributed by atoms with Crippen LogP contribution in [0, 0.1) is 0 Å². The number of benzene rings is 2. The molecule has 2 heterocycles. The van der Waals surface area contributed by atoms with Crippen molar-refractivity contribution in [3.05, 3.63) is 78.9 Å². The van der Waals surface area contributed by atoms with E-state index in [0.29, 0.717) is 31.5 Å². The van der Waals surface area contributed by atoms with Crippen molar-refractivity contribution in [2.24, 2.45) is 0 Å². The molecule has 0 N–H and O–H groups in total. The highest BCUT2D eigenvalue weighted by atomic mass is 35.5. The van der Waals surface area contributed by atoms with E-state index in [1.807, 2.05) is 17.5 Å². The molecule has 0 unspecified atom stereocenters. The molecule has 0 radical (unpaired) electrons. The van der Waals surface area contributed by atoms with E-state index in [2.05, 4.69) is 10.1 Å². The second-order valence-corrected chi connectivity index (χ2v) is 8.45. The lowest BCUT2D eigenvalue weighted by Gasteiger charge is -2.10. The van der Waals surface area contributed by atoms with Crippen molar-refractivity contribution in [2.45, 2.75) is 19.9 Å². The zero-order chi connectivity index (χ0) is 22.0. The minimum Gasteiger partial charge on any atom is -0.466 e. The predicted molar refractivity (Wildman–Crippen MR) is 123 cm³/mol. The van der Waals surface area contributed by atoms with Gasteiger partial charge in [0.2, 0.25) is 0 Å². The molecule has 0 aliphatic heterocycles. The Hall–Kier alpha value is -2.74. The number of nitrogens with zero attached hydrogens (tertiary/aromatic N) is 3. The van der Waals surface area contributed by atoms with Gasteiger partial charge in [-0.15, -0.1) is 11.3 Å². The topological polar surface area (TPSA) is 74.1 Å². The van der Waals surface area contributed by atoms with Crippen molar-refractivity contribution in [1.82, 2.24) is 14.8 Å². The van der Waals surface area contributed by atoms with E-state index in [9.17, 15) is 9.59 Å². The quantitative estimate of drug-likeness (QED) is 0.369. The lowest BCUT2D eigenvalue weighted by Crippen LogP contribution is -2.26. The Kier molecular flexibility index (Phi) is 6.36. The summed E-state index contributed by atoms with van der Waals surface area (Å²) in [5.74, 6) is -0.387. The van der Waals surface area contributed by atoms with E-state index in [1.54, 1.807) is 37.3 Å². The number of hydrogen-bond acceptors (Lipinski definition) is 6. The third kappa shape index (κ3) is 4.63. The van der Waals surface area contributed by atoms with Crippen molar-refractivity contribution in [3.63, 3.8) is 0 Å². The maximum atomic E-state index is 13.0. The van der Waals surface area contributed by atoms with Gasteiger partial charge >= 0.3 is 5.97 Å². The van der Waals surface area contributed by atoms with Gasteiger partial charge in [-0.2, -0.15) is 5.10 Å². The van der Waals surface area contributed by atoms with Crippen LogP contribution in [0.15, 0.2) is 52.6 Å². The fourth-order valence-corrected chi connectivity index (χ4v) is 4.27. The van der Waals surface area contributed by atoms with Crippen molar-refractivity contribution >= 4 is 51.3 Å². The number of fused-ring (bicyclic) bond motifs is 1. The van der Waals surface area contributed by atoms with E-state index in [4.69, 9.17) is 27.9 Å². The van der Waals surface area contributed by atoms with Gasteiger partial charge in [-0.05, 0) is 25.1 Å². The normalized spacial score (nSPS) is 11.1. The number of ether oxygens (including phenoxy) is 1. The van der Waals surface area contributed by atoms with Crippen molar-refractivity contribution in [3.8, 4) is 11.3 Å². The zero-order valence-electron chi connectivity index (χ0n) is 16.5. The smallest absolute Gasteiger partial charge is 0.311 e. The monoisotopic (exact) mass is 473 g/mol. The molecule has 0 saturated heterocycles. The van der Waals surface area contributed by atoms with Crippen LogP contribution in [0.25, 0.3) is 22.0 Å². The van der Waals surface area contributed by atoms with Gasteiger partial charge in [0.1, 0.15) is 5.01 Å². The molecule has 2 aromatic heterocycles. The Morgan fingerprint density at radius 2 is 1.90 bits per heavy atom. The fraction of sp³-hybridized carbons (Fsp3) is 0.182. The molecule has 0 amide bonds. The summed E-state index contributed by atoms with van der Waals surface area (Å²) in [6.45, 7) is 2.22. The van der Waals surface area contributed by atoms with Crippen molar-refractivity contribution in [1.29, 1.82) is 0 Å². The Morgan fingerprint density at radius 1 is 1.13 bits per heavy atom. The van der Waals surface area contributed by atoms with Crippen LogP contribution in [0.4, 0.5) is 0 Å². The summed E-state index contributed by atoms with van der Waals surface area (Å²) < 4.78 is 6.40. The van der Waals surface area contributed by atoms with Crippen LogP contribution < -0.4 is 5.56 Å². The van der Waals surface area contributed by atoms with E-state index < -0.39 is 0 Å². The van der Waals surface area contributed by atoms with Crippen LogP contribution in [-0.2, 0) is 22.5 Å². The van der Waals surface area contributed by atoms with E-state index in [-0.39, 0.29) is 31.1 Å². The van der Waals surface area contributed by atoms with Crippen molar-refractivity contribution < 1.29 is 9.53 Å². The third-order valence-electron chi connectivity index (χ3n) is 4.61. The lowest BCUT2D eigenvalue weighted by atomic mass is 10.1. The number of halogens is 2. The third-order valence-corrected chi connectivity index (χ3v) is 6.19. The average Bonchev–Trinajstić information content (AvgIpc) is 3.22. The van der Waals surface area contributed by atoms with Crippen LogP contribution in [0.1, 0.15) is 17.6 Å². The molecule has 2 aromatic carbocycles. The van der Waals surface area contributed by atoms with Gasteiger partial charge in [0.25, 0.3) is 5.56 Å². The number of hydrogen-bond donors (Lipinski definition) is 0. The molecule has 0 bridgehead atoms. The first-order valence-electron chi connectivity index (χ1n) is 9.50. The first-order valence-corrected chi connectivity index (χ1v) is 11.1. The van der Waals surface area contributed by atoms with Gasteiger partial charge in [0.05, 0.1) is 46.4 Å². The molecule has 9 heteroatoms. The molecule has 0 aliphatic rings. The summed E-state index contributed by atoms with van der Waals surface area (Å²) >= 11 is 13.5.